The van der Waals surface area contributed by atoms with E-state index in [0.29, 0.717) is 25.9 Å². The molecule has 0 aliphatic carbocycles. The summed E-state index contributed by atoms with van der Waals surface area (Å²) >= 11 is 0. The third-order valence-corrected chi connectivity index (χ3v) is 3.70. The Morgan fingerprint density at radius 3 is 2.35 bits per heavy atom. The first-order chi connectivity index (χ1) is 9.10. The Hall–Kier alpha value is -1.30. The van der Waals surface area contributed by atoms with E-state index in [2.05, 4.69) is 0 Å². The molecule has 6 nitrogen and oxygen atoms in total. The van der Waals surface area contributed by atoms with E-state index in [1.54, 1.807) is 11.8 Å². The van der Waals surface area contributed by atoms with Gasteiger partial charge < -0.3 is 19.5 Å². The van der Waals surface area contributed by atoms with Gasteiger partial charge in [-0.2, -0.15) is 0 Å². The maximum Gasteiger partial charge on any atom is 0.410 e. The van der Waals surface area contributed by atoms with Crippen molar-refractivity contribution in [3.63, 3.8) is 0 Å². The first-order valence-electron chi connectivity index (χ1n) is 6.84. The third-order valence-electron chi connectivity index (χ3n) is 3.70. The summed E-state index contributed by atoms with van der Waals surface area (Å²) in [5, 5.41) is 9.42. The van der Waals surface area contributed by atoms with E-state index in [9.17, 15) is 14.7 Å². The van der Waals surface area contributed by atoms with Crippen LogP contribution in [0, 0.1) is 5.41 Å². The molecule has 2 atom stereocenters. The van der Waals surface area contributed by atoms with Crippen LogP contribution in [-0.2, 0) is 14.3 Å². The number of nitrogens with zero attached hydrogens (tertiary/aromatic N) is 1. The van der Waals surface area contributed by atoms with E-state index in [4.69, 9.17) is 9.47 Å². The summed E-state index contributed by atoms with van der Waals surface area (Å²) < 4.78 is 10.6. The molecule has 6 heteroatoms. The van der Waals surface area contributed by atoms with Crippen molar-refractivity contribution in [2.45, 2.75) is 52.2 Å². The number of carbonyl (C=O) groups excluding carboxylic acids is 1. The molecule has 0 saturated carbocycles. The average Bonchev–Trinajstić information content (AvgIpc) is 2.47. The van der Waals surface area contributed by atoms with Gasteiger partial charge in [-0.15, -0.1) is 0 Å². The largest absolute Gasteiger partial charge is 0.481 e. The van der Waals surface area contributed by atoms with Crippen LogP contribution < -0.4 is 0 Å². The molecule has 1 rings (SSSR count). The Balaban J connectivity index is 2.80. The van der Waals surface area contributed by atoms with Crippen LogP contribution in [0.4, 0.5) is 4.79 Å². The van der Waals surface area contributed by atoms with Crippen LogP contribution in [0.3, 0.4) is 0 Å². The molecule has 0 aromatic carbocycles. The lowest BCUT2D eigenvalue weighted by molar-refractivity contribution is -0.157. The number of rotatable bonds is 2. The number of ether oxygens (including phenoxy) is 2. The van der Waals surface area contributed by atoms with Crippen molar-refractivity contribution in [3.8, 4) is 0 Å². The maximum absolute atomic E-state index is 12.1. The van der Waals surface area contributed by atoms with Gasteiger partial charge >= 0.3 is 12.1 Å². The molecule has 1 N–H and O–H groups in total. The topological polar surface area (TPSA) is 76.1 Å². The minimum atomic E-state index is -0.981. The monoisotopic (exact) mass is 287 g/mol. The van der Waals surface area contributed by atoms with Crippen molar-refractivity contribution in [2.75, 3.05) is 20.2 Å². The molecule has 116 valence electrons. The number of carbonyl (C=O) groups is 2. The van der Waals surface area contributed by atoms with Crippen molar-refractivity contribution in [3.05, 3.63) is 0 Å². The van der Waals surface area contributed by atoms with Crippen molar-refractivity contribution < 1.29 is 24.2 Å². The van der Waals surface area contributed by atoms with Crippen LogP contribution in [-0.4, -0.2) is 54.0 Å². The fourth-order valence-corrected chi connectivity index (χ4v) is 2.36. The van der Waals surface area contributed by atoms with Crippen LogP contribution in [0.2, 0.25) is 0 Å². The normalized spacial score (nSPS) is 27.9. The number of hydrogen-bond acceptors (Lipinski definition) is 4. The predicted octanol–water partition coefficient (Wildman–Crippen LogP) is 2.12. The SMILES string of the molecule is CO[C@@H]1CCN(C(=O)OC(C)(C)C)CC[C@]1(C)C(=O)O. The number of aliphatic carboxylic acids is 1. The van der Waals surface area contributed by atoms with E-state index < -0.39 is 29.2 Å². The van der Waals surface area contributed by atoms with E-state index in [1.807, 2.05) is 20.8 Å². The summed E-state index contributed by atoms with van der Waals surface area (Å²) in [5.74, 6) is -0.893. The van der Waals surface area contributed by atoms with Gasteiger partial charge in [0.25, 0.3) is 0 Å². The van der Waals surface area contributed by atoms with Crippen LogP contribution in [0.15, 0.2) is 0 Å². The summed E-state index contributed by atoms with van der Waals surface area (Å²) in [5.41, 5.74) is -1.54. The third kappa shape index (κ3) is 3.85. The van der Waals surface area contributed by atoms with E-state index in [1.165, 1.54) is 7.11 Å². The number of methoxy groups -OCH3 is 1. The molecule has 1 aliphatic heterocycles. The van der Waals surface area contributed by atoms with E-state index in [-0.39, 0.29) is 0 Å². The molecular formula is C14H25NO5. The lowest BCUT2D eigenvalue weighted by atomic mass is 9.80. The zero-order chi connectivity index (χ0) is 15.6. The lowest BCUT2D eigenvalue weighted by Gasteiger charge is -2.30. The van der Waals surface area contributed by atoms with Gasteiger partial charge in [-0.3, -0.25) is 4.79 Å². The number of hydrogen-bond donors (Lipinski definition) is 1. The van der Waals surface area contributed by atoms with Gasteiger partial charge in [0.05, 0.1) is 11.5 Å². The Bertz CT molecular complexity index is 376. The summed E-state index contributed by atoms with van der Waals surface area (Å²) in [6, 6.07) is 0. The Kier molecular flexibility index (Phi) is 5.02. The summed E-state index contributed by atoms with van der Waals surface area (Å²) in [6.07, 6.45) is 0.0213. The second-order valence-electron chi connectivity index (χ2n) is 6.45. The molecule has 20 heavy (non-hydrogen) atoms. The summed E-state index contributed by atoms with van der Waals surface area (Å²) in [7, 11) is 1.51. The predicted molar refractivity (Wildman–Crippen MR) is 73.6 cm³/mol. The highest BCUT2D eigenvalue weighted by atomic mass is 16.6. The van der Waals surface area contributed by atoms with Gasteiger partial charge in [-0.1, -0.05) is 0 Å². The average molecular weight is 287 g/mol. The van der Waals surface area contributed by atoms with Gasteiger partial charge in [0.2, 0.25) is 0 Å². The minimum Gasteiger partial charge on any atom is -0.481 e. The van der Waals surface area contributed by atoms with Crippen molar-refractivity contribution in [2.24, 2.45) is 5.41 Å². The lowest BCUT2D eigenvalue weighted by Crippen LogP contribution is -2.41. The zero-order valence-electron chi connectivity index (χ0n) is 12.9. The zero-order valence-corrected chi connectivity index (χ0v) is 12.9. The van der Waals surface area contributed by atoms with Gasteiger partial charge in [0.1, 0.15) is 5.60 Å². The molecule has 1 heterocycles. The number of carboxylic acids is 1. The number of likely N-dealkylation sites (tertiary alicyclic amines) is 1. The van der Waals surface area contributed by atoms with Crippen molar-refractivity contribution in [1.29, 1.82) is 0 Å². The standard InChI is InChI=1S/C14H25NO5/c1-13(2,3)20-12(18)15-8-6-10(19-5)14(4,7-9-15)11(16)17/h10H,6-9H2,1-5H3,(H,16,17)/t10-,14+/m1/s1. The smallest absolute Gasteiger partial charge is 0.410 e. The molecule has 0 spiro atoms. The van der Waals surface area contributed by atoms with Crippen LogP contribution >= 0.6 is 0 Å². The molecule has 1 saturated heterocycles. The Morgan fingerprint density at radius 2 is 1.90 bits per heavy atom. The molecule has 0 bridgehead atoms. The van der Waals surface area contributed by atoms with Crippen LogP contribution in [0.5, 0.6) is 0 Å². The van der Waals surface area contributed by atoms with Crippen molar-refractivity contribution in [1.82, 2.24) is 4.90 Å². The highest BCUT2D eigenvalue weighted by Crippen LogP contribution is 2.33. The Morgan fingerprint density at radius 1 is 1.30 bits per heavy atom. The van der Waals surface area contributed by atoms with E-state index >= 15 is 0 Å². The highest BCUT2D eigenvalue weighted by Gasteiger charge is 2.44. The number of carboxylic acid groups (broad SMARTS) is 1. The molecule has 1 fully saturated rings. The first-order valence-corrected chi connectivity index (χ1v) is 6.84. The van der Waals surface area contributed by atoms with Gasteiger partial charge in [0, 0.05) is 20.2 Å². The quantitative estimate of drug-likeness (QED) is 0.842. The first kappa shape index (κ1) is 16.8. The second kappa shape index (κ2) is 5.99. The van der Waals surface area contributed by atoms with Gasteiger partial charge in [-0.25, -0.2) is 4.79 Å². The molecule has 1 aliphatic rings. The highest BCUT2D eigenvalue weighted by molar-refractivity contribution is 5.75. The summed E-state index contributed by atoms with van der Waals surface area (Å²) in [6.45, 7) is 7.89. The Labute approximate surface area is 120 Å². The van der Waals surface area contributed by atoms with E-state index in [0.717, 1.165) is 0 Å². The molecule has 0 radical (unpaired) electrons. The molecule has 1 amide bonds. The molecule has 0 aromatic heterocycles. The van der Waals surface area contributed by atoms with Crippen LogP contribution in [0.25, 0.3) is 0 Å². The van der Waals surface area contributed by atoms with Crippen molar-refractivity contribution >= 4 is 12.1 Å². The molecule has 0 aromatic rings. The van der Waals surface area contributed by atoms with Crippen LogP contribution in [0.1, 0.15) is 40.5 Å². The molecule has 0 unspecified atom stereocenters. The maximum atomic E-state index is 12.1. The fraction of sp³-hybridized carbons (Fsp3) is 0.857. The second-order valence-corrected chi connectivity index (χ2v) is 6.45. The van der Waals surface area contributed by atoms with Gasteiger partial charge in [0.15, 0.2) is 0 Å². The fourth-order valence-electron chi connectivity index (χ4n) is 2.36. The molecular weight excluding hydrogens is 262 g/mol. The summed E-state index contributed by atoms with van der Waals surface area (Å²) in [4.78, 5) is 25.1. The van der Waals surface area contributed by atoms with Gasteiger partial charge in [-0.05, 0) is 40.5 Å². The minimum absolute atomic E-state index is 0.347. The number of amides is 1.